The largest absolute Gasteiger partial charge is 0.354 e. The molecule has 142 valence electrons. The first kappa shape index (κ1) is 17.6. The molecule has 0 radical (unpaired) electrons. The molecule has 6 nitrogen and oxygen atoms in total. The zero-order valence-electron chi connectivity index (χ0n) is 15.8. The number of pyridine rings is 1. The number of carbonyl (C=O) groups is 1. The molecule has 0 unspecified atom stereocenters. The van der Waals surface area contributed by atoms with E-state index in [1.807, 2.05) is 12.3 Å². The molecule has 2 amide bonds. The minimum Gasteiger partial charge on any atom is -0.354 e. The van der Waals surface area contributed by atoms with Crippen LogP contribution in [0.2, 0.25) is 0 Å². The average Bonchev–Trinajstić information content (AvgIpc) is 3.32. The van der Waals surface area contributed by atoms with Crippen molar-refractivity contribution in [3.05, 3.63) is 23.9 Å². The van der Waals surface area contributed by atoms with Gasteiger partial charge in [-0.25, -0.2) is 9.78 Å². The Morgan fingerprint density at radius 3 is 2.77 bits per heavy atom. The van der Waals surface area contributed by atoms with E-state index in [4.69, 9.17) is 0 Å². The van der Waals surface area contributed by atoms with Gasteiger partial charge in [-0.1, -0.05) is 25.3 Å². The molecule has 4 rings (SSSR count). The topological polar surface area (TPSA) is 60.5 Å². The van der Waals surface area contributed by atoms with Crippen LogP contribution in [0.4, 0.5) is 10.6 Å². The molecule has 3 aliphatic rings. The number of anilines is 1. The van der Waals surface area contributed by atoms with E-state index >= 15 is 0 Å². The van der Waals surface area contributed by atoms with E-state index in [0.717, 1.165) is 37.6 Å². The fourth-order valence-corrected chi connectivity index (χ4v) is 4.62. The first-order chi connectivity index (χ1) is 12.7. The highest BCUT2D eigenvalue weighted by molar-refractivity contribution is 5.75. The predicted octanol–water partition coefficient (Wildman–Crippen LogP) is 2.36. The zero-order chi connectivity index (χ0) is 18.0. The number of rotatable bonds is 4. The van der Waals surface area contributed by atoms with E-state index in [0.29, 0.717) is 18.0 Å². The molecule has 2 aliphatic carbocycles. The molecule has 1 saturated heterocycles. The van der Waals surface area contributed by atoms with Gasteiger partial charge in [0.2, 0.25) is 0 Å². The molecule has 0 aromatic carbocycles. The number of hydrogen-bond donors (Lipinski definition) is 2. The van der Waals surface area contributed by atoms with Gasteiger partial charge in [0, 0.05) is 50.5 Å². The number of nitrogens with zero attached hydrogens (tertiary/aromatic N) is 3. The van der Waals surface area contributed by atoms with Crippen LogP contribution in [0.15, 0.2) is 18.3 Å². The summed E-state index contributed by atoms with van der Waals surface area (Å²) in [4.78, 5) is 21.6. The van der Waals surface area contributed by atoms with E-state index in [1.54, 1.807) is 0 Å². The molecular formula is C20H31N5O. The number of likely N-dealkylation sites (N-methyl/N-ethyl adjacent to an activating group) is 1. The number of amides is 2. The fourth-order valence-electron chi connectivity index (χ4n) is 4.62. The number of piperazine rings is 1. The highest BCUT2D eigenvalue weighted by Crippen LogP contribution is 2.56. The Morgan fingerprint density at radius 1 is 1.23 bits per heavy atom. The Balaban J connectivity index is 1.30. The Hall–Kier alpha value is -1.82. The highest BCUT2D eigenvalue weighted by atomic mass is 16.2. The monoisotopic (exact) mass is 357 g/mol. The molecule has 6 heteroatoms. The molecule has 1 atom stereocenters. The molecule has 1 aromatic rings. The number of urea groups is 1. The summed E-state index contributed by atoms with van der Waals surface area (Å²) in [6.07, 6.45) is 9.58. The smallest absolute Gasteiger partial charge is 0.315 e. The van der Waals surface area contributed by atoms with Crippen LogP contribution in [0.5, 0.6) is 0 Å². The Bertz CT molecular complexity index is 635. The SMILES string of the molecule is CN1CCN(c2ncccc2CNC(=O)N[C@H]2CC23CCCCC3)CC1. The summed E-state index contributed by atoms with van der Waals surface area (Å²) in [5.41, 5.74) is 1.52. The molecule has 1 spiro atoms. The second-order valence-electron chi connectivity index (χ2n) is 8.28. The van der Waals surface area contributed by atoms with Crippen molar-refractivity contribution < 1.29 is 4.79 Å². The Kier molecular flexibility index (Phi) is 5.02. The molecule has 26 heavy (non-hydrogen) atoms. The predicted molar refractivity (Wildman–Crippen MR) is 103 cm³/mol. The quantitative estimate of drug-likeness (QED) is 0.868. The van der Waals surface area contributed by atoms with Crippen LogP contribution in [0, 0.1) is 5.41 Å². The summed E-state index contributed by atoms with van der Waals surface area (Å²) < 4.78 is 0. The Morgan fingerprint density at radius 2 is 2.00 bits per heavy atom. The van der Waals surface area contributed by atoms with Gasteiger partial charge in [-0.3, -0.25) is 0 Å². The van der Waals surface area contributed by atoms with Gasteiger partial charge < -0.3 is 20.4 Å². The van der Waals surface area contributed by atoms with Crippen molar-refractivity contribution in [2.45, 2.75) is 51.1 Å². The zero-order valence-corrected chi connectivity index (χ0v) is 15.8. The maximum absolute atomic E-state index is 12.4. The average molecular weight is 358 g/mol. The molecule has 3 fully saturated rings. The van der Waals surface area contributed by atoms with Crippen LogP contribution in [0.1, 0.15) is 44.1 Å². The van der Waals surface area contributed by atoms with Crippen LogP contribution in [-0.2, 0) is 6.54 Å². The molecule has 0 bridgehead atoms. The van der Waals surface area contributed by atoms with E-state index in [9.17, 15) is 4.79 Å². The van der Waals surface area contributed by atoms with Gasteiger partial charge >= 0.3 is 6.03 Å². The summed E-state index contributed by atoms with van der Waals surface area (Å²) in [6, 6.07) is 4.37. The van der Waals surface area contributed by atoms with Gasteiger partial charge in [-0.05, 0) is 37.8 Å². The third-order valence-corrected chi connectivity index (χ3v) is 6.45. The minimum absolute atomic E-state index is 0.0365. The lowest BCUT2D eigenvalue weighted by Gasteiger charge is -2.34. The van der Waals surface area contributed by atoms with Gasteiger partial charge in [0.25, 0.3) is 0 Å². The van der Waals surface area contributed by atoms with Crippen LogP contribution in [0.3, 0.4) is 0 Å². The van der Waals surface area contributed by atoms with E-state index in [2.05, 4.69) is 38.5 Å². The van der Waals surface area contributed by atoms with Crippen molar-refractivity contribution in [3.63, 3.8) is 0 Å². The summed E-state index contributed by atoms with van der Waals surface area (Å²) in [6.45, 7) is 4.59. The van der Waals surface area contributed by atoms with Crippen molar-refractivity contribution in [1.82, 2.24) is 20.5 Å². The van der Waals surface area contributed by atoms with Crippen molar-refractivity contribution in [3.8, 4) is 0 Å². The first-order valence-electron chi connectivity index (χ1n) is 10.1. The fraction of sp³-hybridized carbons (Fsp3) is 0.700. The standard InChI is InChI=1S/C20H31N5O/c1-24-10-12-25(13-11-24)18-16(6-5-9-21-18)15-22-19(26)23-17-14-20(17)7-3-2-4-8-20/h5-6,9,17H,2-4,7-8,10-15H2,1H3,(H2,22,23,26)/t17-/m0/s1. The minimum atomic E-state index is -0.0365. The lowest BCUT2D eigenvalue weighted by atomic mass is 9.86. The number of aromatic nitrogens is 1. The van der Waals surface area contributed by atoms with Gasteiger partial charge in [0.15, 0.2) is 0 Å². The first-order valence-corrected chi connectivity index (χ1v) is 10.1. The van der Waals surface area contributed by atoms with Crippen molar-refractivity contribution in [2.75, 3.05) is 38.1 Å². The number of nitrogens with one attached hydrogen (secondary N) is 2. The summed E-state index contributed by atoms with van der Waals surface area (Å²) >= 11 is 0. The molecule has 2 N–H and O–H groups in total. The molecule has 2 heterocycles. The maximum atomic E-state index is 12.4. The summed E-state index contributed by atoms with van der Waals surface area (Å²) in [7, 11) is 2.15. The van der Waals surface area contributed by atoms with Crippen LogP contribution in [-0.4, -0.2) is 55.2 Å². The lowest BCUT2D eigenvalue weighted by molar-refractivity contribution is 0.235. The third-order valence-electron chi connectivity index (χ3n) is 6.45. The van der Waals surface area contributed by atoms with Gasteiger partial charge in [-0.15, -0.1) is 0 Å². The van der Waals surface area contributed by atoms with Crippen molar-refractivity contribution >= 4 is 11.8 Å². The highest BCUT2D eigenvalue weighted by Gasteiger charge is 2.54. The van der Waals surface area contributed by atoms with Crippen molar-refractivity contribution in [1.29, 1.82) is 0 Å². The number of hydrogen-bond acceptors (Lipinski definition) is 4. The van der Waals surface area contributed by atoms with Gasteiger partial charge in [0.05, 0.1) is 0 Å². The second kappa shape index (κ2) is 7.43. The molecule has 1 aliphatic heterocycles. The van der Waals surface area contributed by atoms with Gasteiger partial charge in [0.1, 0.15) is 5.82 Å². The summed E-state index contributed by atoms with van der Waals surface area (Å²) in [5, 5.41) is 6.25. The van der Waals surface area contributed by atoms with Crippen LogP contribution < -0.4 is 15.5 Å². The molecular weight excluding hydrogens is 326 g/mol. The third kappa shape index (κ3) is 3.80. The molecule has 1 aromatic heterocycles. The van der Waals surface area contributed by atoms with Gasteiger partial charge in [-0.2, -0.15) is 0 Å². The van der Waals surface area contributed by atoms with E-state index < -0.39 is 0 Å². The van der Waals surface area contributed by atoms with Crippen LogP contribution >= 0.6 is 0 Å². The molecule has 2 saturated carbocycles. The van der Waals surface area contributed by atoms with Crippen LogP contribution in [0.25, 0.3) is 0 Å². The lowest BCUT2D eigenvalue weighted by Crippen LogP contribution is -2.45. The summed E-state index contributed by atoms with van der Waals surface area (Å²) in [5.74, 6) is 1.01. The second-order valence-corrected chi connectivity index (χ2v) is 8.28. The van der Waals surface area contributed by atoms with E-state index in [-0.39, 0.29) is 6.03 Å². The van der Waals surface area contributed by atoms with E-state index in [1.165, 1.54) is 38.5 Å². The normalized spacial score (nSPS) is 25.1. The maximum Gasteiger partial charge on any atom is 0.315 e. The van der Waals surface area contributed by atoms with Crippen molar-refractivity contribution in [2.24, 2.45) is 5.41 Å². The Labute approximate surface area is 156 Å². The number of carbonyl (C=O) groups excluding carboxylic acids is 1.